The summed E-state index contributed by atoms with van der Waals surface area (Å²) in [5, 5.41) is 3.26. The molecular weight excluding hydrogens is 268 g/mol. The molecule has 2 aromatic rings. The number of para-hydroxylation sites is 1. The normalized spacial score (nSPS) is 18.5. The smallest absolute Gasteiger partial charge is 0.290 e. The molecule has 0 radical (unpaired) electrons. The van der Waals surface area contributed by atoms with E-state index in [-0.39, 0.29) is 11.9 Å². The van der Waals surface area contributed by atoms with Crippen LogP contribution < -0.4 is 10.1 Å². The summed E-state index contributed by atoms with van der Waals surface area (Å²) >= 11 is 0. The lowest BCUT2D eigenvalue weighted by atomic mass is 10.2. The van der Waals surface area contributed by atoms with E-state index in [9.17, 15) is 4.79 Å². The highest BCUT2D eigenvalue weighted by Crippen LogP contribution is 2.24. The molecule has 1 unspecified atom stereocenters. The van der Waals surface area contributed by atoms with Crippen molar-refractivity contribution in [2.24, 2.45) is 0 Å². The molecule has 1 saturated heterocycles. The van der Waals surface area contributed by atoms with Gasteiger partial charge in [-0.05, 0) is 25.1 Å². The number of hydrogen-bond donors (Lipinski definition) is 1. The van der Waals surface area contributed by atoms with Gasteiger partial charge in [-0.15, -0.1) is 0 Å². The lowest BCUT2D eigenvalue weighted by molar-refractivity contribution is 0.0618. The zero-order chi connectivity index (χ0) is 14.7. The van der Waals surface area contributed by atoms with E-state index < -0.39 is 0 Å². The van der Waals surface area contributed by atoms with Gasteiger partial charge in [0.25, 0.3) is 11.9 Å². The second-order valence-electron chi connectivity index (χ2n) is 5.09. The van der Waals surface area contributed by atoms with Crippen molar-refractivity contribution in [2.45, 2.75) is 13.0 Å². The first-order valence-corrected chi connectivity index (χ1v) is 7.08. The molecule has 1 aliphatic heterocycles. The third kappa shape index (κ3) is 3.08. The van der Waals surface area contributed by atoms with Gasteiger partial charge in [0.15, 0.2) is 5.76 Å². The lowest BCUT2D eigenvalue weighted by Gasteiger charge is -2.33. The number of ether oxygens (including phenoxy) is 1. The van der Waals surface area contributed by atoms with Crippen molar-refractivity contribution >= 4 is 5.91 Å². The van der Waals surface area contributed by atoms with E-state index in [0.29, 0.717) is 24.0 Å². The Morgan fingerprint density at radius 2 is 2.10 bits per heavy atom. The van der Waals surface area contributed by atoms with Gasteiger partial charge in [-0.2, -0.15) is 0 Å². The number of rotatable bonds is 3. The Hall–Kier alpha value is -2.27. The second-order valence-corrected chi connectivity index (χ2v) is 5.09. The van der Waals surface area contributed by atoms with Gasteiger partial charge in [0.05, 0.1) is 0 Å². The minimum Gasteiger partial charge on any atom is -0.426 e. The average molecular weight is 286 g/mol. The number of amides is 1. The molecule has 1 fully saturated rings. The van der Waals surface area contributed by atoms with Crippen LogP contribution in [0.2, 0.25) is 0 Å². The fourth-order valence-corrected chi connectivity index (χ4v) is 2.38. The van der Waals surface area contributed by atoms with Crippen molar-refractivity contribution < 1.29 is 13.9 Å². The minimum absolute atomic E-state index is 0.0908. The Morgan fingerprint density at radius 3 is 2.86 bits per heavy atom. The molecule has 1 amide bonds. The molecule has 0 aliphatic carbocycles. The number of nitrogens with zero attached hydrogens (tertiary/aromatic N) is 1. The Balaban J connectivity index is 1.71. The van der Waals surface area contributed by atoms with Crippen molar-refractivity contribution in [1.82, 2.24) is 10.2 Å². The van der Waals surface area contributed by atoms with Gasteiger partial charge in [0.1, 0.15) is 5.75 Å². The summed E-state index contributed by atoms with van der Waals surface area (Å²) < 4.78 is 11.1. The minimum atomic E-state index is -0.0908. The number of furan rings is 1. The van der Waals surface area contributed by atoms with Crippen LogP contribution in [0.15, 0.2) is 46.9 Å². The number of hydrogen-bond acceptors (Lipinski definition) is 4. The highest BCUT2D eigenvalue weighted by molar-refractivity contribution is 5.92. The molecule has 3 rings (SSSR count). The Labute approximate surface area is 123 Å². The Kier molecular flexibility index (Phi) is 3.92. The summed E-state index contributed by atoms with van der Waals surface area (Å²) in [5.74, 6) is 1.23. The first-order chi connectivity index (χ1) is 10.2. The molecule has 5 nitrogen and oxygen atoms in total. The molecule has 1 atom stereocenters. The standard InChI is InChI=1S/C16H18N2O3/c1-12-11-17-9-10-18(12)16(19)14-7-8-15(21-14)20-13-5-3-2-4-6-13/h2-8,12,17H,9-11H2,1H3. The largest absolute Gasteiger partial charge is 0.426 e. The van der Waals surface area contributed by atoms with Crippen LogP contribution in [-0.2, 0) is 0 Å². The SMILES string of the molecule is CC1CNCCN1C(=O)c1ccc(Oc2ccccc2)o1. The molecule has 21 heavy (non-hydrogen) atoms. The number of carbonyl (C=O) groups is 1. The first kappa shape index (κ1) is 13.7. The monoisotopic (exact) mass is 286 g/mol. The fraction of sp³-hybridized carbons (Fsp3) is 0.312. The molecule has 1 aromatic heterocycles. The predicted molar refractivity (Wildman–Crippen MR) is 78.6 cm³/mol. The van der Waals surface area contributed by atoms with Crippen molar-refractivity contribution in [3.63, 3.8) is 0 Å². The van der Waals surface area contributed by atoms with Crippen LogP contribution in [0.25, 0.3) is 0 Å². The third-order valence-corrected chi connectivity index (χ3v) is 3.52. The quantitative estimate of drug-likeness (QED) is 0.942. The maximum atomic E-state index is 12.4. The number of benzene rings is 1. The van der Waals surface area contributed by atoms with Gasteiger partial charge in [0, 0.05) is 31.7 Å². The molecule has 110 valence electrons. The van der Waals surface area contributed by atoms with Crippen molar-refractivity contribution in [3.8, 4) is 11.7 Å². The van der Waals surface area contributed by atoms with Crippen LogP contribution >= 0.6 is 0 Å². The van der Waals surface area contributed by atoms with Crippen LogP contribution in [0.3, 0.4) is 0 Å². The summed E-state index contributed by atoms with van der Waals surface area (Å²) in [6, 6.07) is 12.8. The summed E-state index contributed by atoms with van der Waals surface area (Å²) in [7, 11) is 0. The van der Waals surface area contributed by atoms with Crippen LogP contribution in [0.1, 0.15) is 17.5 Å². The van der Waals surface area contributed by atoms with Gasteiger partial charge in [-0.3, -0.25) is 4.79 Å². The van der Waals surface area contributed by atoms with E-state index in [1.165, 1.54) is 0 Å². The van der Waals surface area contributed by atoms with Crippen LogP contribution in [0, 0.1) is 0 Å². The molecule has 1 aromatic carbocycles. The average Bonchev–Trinajstić information content (AvgIpc) is 2.97. The lowest BCUT2D eigenvalue weighted by Crippen LogP contribution is -2.52. The Bertz CT molecular complexity index is 609. The van der Waals surface area contributed by atoms with Gasteiger partial charge in [0.2, 0.25) is 0 Å². The van der Waals surface area contributed by atoms with Crippen molar-refractivity contribution in [1.29, 1.82) is 0 Å². The topological polar surface area (TPSA) is 54.7 Å². The molecule has 0 bridgehead atoms. The maximum Gasteiger partial charge on any atom is 0.290 e. The van der Waals surface area contributed by atoms with E-state index in [1.54, 1.807) is 12.1 Å². The molecule has 0 saturated carbocycles. The second kappa shape index (κ2) is 6.01. The summed E-state index contributed by atoms with van der Waals surface area (Å²) in [5.41, 5.74) is 0. The summed E-state index contributed by atoms with van der Waals surface area (Å²) in [6.07, 6.45) is 0. The van der Waals surface area contributed by atoms with E-state index >= 15 is 0 Å². The zero-order valence-electron chi connectivity index (χ0n) is 11.9. The number of piperazine rings is 1. The van der Waals surface area contributed by atoms with E-state index in [2.05, 4.69) is 5.32 Å². The van der Waals surface area contributed by atoms with Gasteiger partial charge in [-0.1, -0.05) is 18.2 Å². The fourth-order valence-electron chi connectivity index (χ4n) is 2.38. The van der Waals surface area contributed by atoms with Crippen LogP contribution in [0.5, 0.6) is 11.7 Å². The number of carbonyl (C=O) groups excluding carboxylic acids is 1. The van der Waals surface area contributed by atoms with Gasteiger partial charge in [-0.25, -0.2) is 0 Å². The summed E-state index contributed by atoms with van der Waals surface area (Å²) in [4.78, 5) is 14.2. The van der Waals surface area contributed by atoms with Crippen LogP contribution in [-0.4, -0.2) is 36.5 Å². The van der Waals surface area contributed by atoms with Crippen LogP contribution in [0.4, 0.5) is 0 Å². The van der Waals surface area contributed by atoms with Gasteiger partial charge >= 0.3 is 0 Å². The molecule has 2 heterocycles. The Morgan fingerprint density at radius 1 is 1.29 bits per heavy atom. The van der Waals surface area contributed by atoms with E-state index in [4.69, 9.17) is 9.15 Å². The van der Waals surface area contributed by atoms with Crippen molar-refractivity contribution in [2.75, 3.05) is 19.6 Å². The zero-order valence-corrected chi connectivity index (χ0v) is 11.9. The van der Waals surface area contributed by atoms with E-state index in [1.807, 2.05) is 42.2 Å². The molecular formula is C16H18N2O3. The predicted octanol–water partition coefficient (Wildman–Crippen LogP) is 2.51. The summed E-state index contributed by atoms with van der Waals surface area (Å²) in [6.45, 7) is 4.33. The third-order valence-electron chi connectivity index (χ3n) is 3.52. The first-order valence-electron chi connectivity index (χ1n) is 7.08. The highest BCUT2D eigenvalue weighted by Gasteiger charge is 2.26. The number of nitrogens with one attached hydrogen (secondary N) is 1. The molecule has 0 spiro atoms. The molecule has 1 N–H and O–H groups in total. The molecule has 5 heteroatoms. The van der Waals surface area contributed by atoms with Gasteiger partial charge < -0.3 is 19.4 Å². The highest BCUT2D eigenvalue weighted by atomic mass is 16.6. The molecule has 1 aliphatic rings. The maximum absolute atomic E-state index is 12.4. The van der Waals surface area contributed by atoms with E-state index in [0.717, 1.165) is 13.1 Å². The van der Waals surface area contributed by atoms with Crippen molar-refractivity contribution in [3.05, 3.63) is 48.2 Å².